The Kier molecular flexibility index (Phi) is 8.40. The van der Waals surface area contributed by atoms with Crippen LogP contribution in [0.25, 0.3) is 0 Å². The molecule has 4 rings (SSSR count). The van der Waals surface area contributed by atoms with Crippen molar-refractivity contribution in [2.75, 3.05) is 5.75 Å². The summed E-state index contributed by atoms with van der Waals surface area (Å²) in [6.07, 6.45) is 4.58. The molecule has 0 radical (unpaired) electrons. The van der Waals surface area contributed by atoms with E-state index in [1.54, 1.807) is 0 Å². The molecule has 9 nitrogen and oxygen atoms in total. The zero-order chi connectivity index (χ0) is 25.3. The highest BCUT2D eigenvalue weighted by Crippen LogP contribution is 2.20. The Morgan fingerprint density at radius 1 is 0.861 bits per heavy atom. The number of aromatic nitrogens is 2. The lowest BCUT2D eigenvalue weighted by Crippen LogP contribution is -2.58. The molecule has 0 bridgehead atoms. The van der Waals surface area contributed by atoms with Gasteiger partial charge < -0.3 is 16.0 Å². The fourth-order valence-corrected chi connectivity index (χ4v) is 4.26. The molecule has 3 amide bonds. The minimum atomic E-state index is -0.978. The van der Waals surface area contributed by atoms with Gasteiger partial charge in [0.15, 0.2) is 0 Å². The Bertz CT molecular complexity index is 1210. The summed E-state index contributed by atoms with van der Waals surface area (Å²) in [5, 5.41) is 8.12. The first-order valence-electron chi connectivity index (χ1n) is 11.4. The van der Waals surface area contributed by atoms with Crippen LogP contribution in [-0.4, -0.2) is 56.7 Å². The molecule has 1 aliphatic heterocycles. The van der Waals surface area contributed by atoms with E-state index in [1.165, 1.54) is 18.6 Å². The van der Waals surface area contributed by atoms with Crippen LogP contribution in [-0.2, 0) is 27.2 Å². The van der Waals surface area contributed by atoms with E-state index in [2.05, 4.69) is 25.9 Å². The van der Waals surface area contributed by atoms with Gasteiger partial charge in [0, 0.05) is 31.0 Å². The number of amides is 3. The molecule has 2 aromatic carbocycles. The molecule has 1 saturated heterocycles. The highest BCUT2D eigenvalue weighted by molar-refractivity contribution is 8.16. The lowest BCUT2D eigenvalue weighted by molar-refractivity contribution is -0.131. The van der Waals surface area contributed by atoms with E-state index in [9.17, 15) is 19.2 Å². The predicted octanol–water partition coefficient (Wildman–Crippen LogP) is 1.30. The minimum absolute atomic E-state index is 0.0722. The van der Waals surface area contributed by atoms with Crippen molar-refractivity contribution in [2.45, 2.75) is 31.0 Å². The van der Waals surface area contributed by atoms with Crippen LogP contribution in [0.4, 0.5) is 0 Å². The third-order valence-corrected chi connectivity index (χ3v) is 6.68. The topological polar surface area (TPSA) is 130 Å². The summed E-state index contributed by atoms with van der Waals surface area (Å²) in [7, 11) is 0. The first-order chi connectivity index (χ1) is 17.5. The van der Waals surface area contributed by atoms with E-state index >= 15 is 0 Å². The summed E-state index contributed by atoms with van der Waals surface area (Å²) in [6, 6.07) is 16.0. The van der Waals surface area contributed by atoms with Crippen LogP contribution in [0.3, 0.4) is 0 Å². The lowest BCUT2D eigenvalue weighted by atomic mass is 10.0. The van der Waals surface area contributed by atoms with Gasteiger partial charge in [-0.3, -0.25) is 24.2 Å². The van der Waals surface area contributed by atoms with Gasteiger partial charge >= 0.3 is 0 Å². The normalized spacial score (nSPS) is 16.2. The van der Waals surface area contributed by atoms with E-state index in [0.717, 1.165) is 22.9 Å². The molecule has 3 aromatic rings. The number of nitrogens with zero attached hydrogens (tertiary/aromatic N) is 2. The maximum Gasteiger partial charge on any atom is 0.272 e. The molecule has 0 saturated carbocycles. The Morgan fingerprint density at radius 2 is 1.47 bits per heavy atom. The molecule has 1 aromatic heterocycles. The van der Waals surface area contributed by atoms with Crippen LogP contribution >= 0.6 is 11.8 Å². The molecule has 1 fully saturated rings. The number of thioether (sulfide) groups is 1. The Morgan fingerprint density at radius 3 is 1.97 bits per heavy atom. The zero-order valence-corrected chi connectivity index (χ0v) is 20.1. The van der Waals surface area contributed by atoms with Gasteiger partial charge in [0.2, 0.25) is 16.9 Å². The van der Waals surface area contributed by atoms with Crippen LogP contribution in [0.1, 0.15) is 21.6 Å². The van der Waals surface area contributed by atoms with Crippen LogP contribution in [0, 0.1) is 0 Å². The summed E-state index contributed by atoms with van der Waals surface area (Å²) in [6.45, 7) is 0. The summed E-state index contributed by atoms with van der Waals surface area (Å²) in [5.74, 6) is -1.03. The van der Waals surface area contributed by atoms with Gasteiger partial charge in [-0.1, -0.05) is 72.4 Å². The highest BCUT2D eigenvalue weighted by Gasteiger charge is 2.34. The van der Waals surface area contributed by atoms with Crippen LogP contribution in [0.15, 0.2) is 79.3 Å². The first-order valence-corrected chi connectivity index (χ1v) is 12.4. The number of rotatable bonds is 10. The SMILES string of the molecule is O=C(NC(Cc1ccccc1)C(=O)NC(Cc1ccccc1)C(=O)NC1CSC1=O)c1cnccn1. The largest absolute Gasteiger partial charge is 0.343 e. The molecule has 10 heteroatoms. The van der Waals surface area contributed by atoms with Crippen LogP contribution in [0.5, 0.6) is 0 Å². The fourth-order valence-electron chi connectivity index (χ4n) is 3.65. The third-order valence-electron chi connectivity index (χ3n) is 5.61. The molecule has 3 unspecified atom stereocenters. The third kappa shape index (κ3) is 6.76. The summed E-state index contributed by atoms with van der Waals surface area (Å²) < 4.78 is 0. The van der Waals surface area contributed by atoms with E-state index in [0.29, 0.717) is 5.75 Å². The standard InChI is InChI=1S/C26H25N5O4S/c32-23(19(13-17-7-3-1-4-8-17)30-25(34)21-15-27-11-12-28-21)29-20(14-18-9-5-2-6-10-18)24(33)31-22-16-36-26(22)35/h1-12,15,19-20,22H,13-14,16H2,(H,29,32)(H,30,34)(H,31,33). The molecular formula is C26H25N5O4S. The van der Waals surface area contributed by atoms with E-state index < -0.39 is 35.8 Å². The van der Waals surface area contributed by atoms with Crippen molar-refractivity contribution >= 4 is 34.6 Å². The molecule has 0 spiro atoms. The zero-order valence-electron chi connectivity index (χ0n) is 19.3. The van der Waals surface area contributed by atoms with Crippen molar-refractivity contribution in [3.63, 3.8) is 0 Å². The molecule has 3 atom stereocenters. The van der Waals surface area contributed by atoms with Crippen molar-refractivity contribution in [1.29, 1.82) is 0 Å². The number of benzene rings is 2. The second-order valence-electron chi connectivity index (χ2n) is 8.25. The molecule has 3 N–H and O–H groups in total. The van der Waals surface area contributed by atoms with Gasteiger partial charge in [-0.15, -0.1) is 0 Å². The summed E-state index contributed by atoms with van der Waals surface area (Å²) in [4.78, 5) is 58.9. The van der Waals surface area contributed by atoms with Gasteiger partial charge in [0.25, 0.3) is 5.91 Å². The van der Waals surface area contributed by atoms with E-state index in [1.807, 2.05) is 60.7 Å². The van der Waals surface area contributed by atoms with Crippen molar-refractivity contribution in [2.24, 2.45) is 0 Å². The molecule has 2 heterocycles. The number of nitrogens with one attached hydrogen (secondary N) is 3. The van der Waals surface area contributed by atoms with Crippen molar-refractivity contribution in [3.8, 4) is 0 Å². The number of hydrogen-bond acceptors (Lipinski definition) is 7. The predicted molar refractivity (Wildman–Crippen MR) is 135 cm³/mol. The van der Waals surface area contributed by atoms with Crippen LogP contribution in [0.2, 0.25) is 0 Å². The second kappa shape index (κ2) is 12.1. The van der Waals surface area contributed by atoms with Crippen LogP contribution < -0.4 is 16.0 Å². The molecule has 36 heavy (non-hydrogen) atoms. The van der Waals surface area contributed by atoms with E-state index in [-0.39, 0.29) is 23.7 Å². The molecule has 184 valence electrons. The summed E-state index contributed by atoms with van der Waals surface area (Å²) >= 11 is 1.15. The second-order valence-corrected chi connectivity index (χ2v) is 9.27. The van der Waals surface area contributed by atoms with Gasteiger partial charge in [0.05, 0.1) is 6.20 Å². The quantitative estimate of drug-likeness (QED) is 0.380. The average molecular weight is 504 g/mol. The fraction of sp³-hybridized carbons (Fsp3) is 0.231. The van der Waals surface area contributed by atoms with Gasteiger partial charge in [-0.05, 0) is 11.1 Å². The number of hydrogen-bond donors (Lipinski definition) is 3. The minimum Gasteiger partial charge on any atom is -0.343 e. The average Bonchev–Trinajstić information content (AvgIpc) is 2.91. The smallest absolute Gasteiger partial charge is 0.272 e. The van der Waals surface area contributed by atoms with Crippen molar-refractivity contribution in [3.05, 3.63) is 96.1 Å². The molecular weight excluding hydrogens is 478 g/mol. The Labute approximate surface area is 212 Å². The number of carbonyl (C=O) groups excluding carboxylic acids is 4. The van der Waals surface area contributed by atoms with Gasteiger partial charge in [-0.25, -0.2) is 4.98 Å². The highest BCUT2D eigenvalue weighted by atomic mass is 32.2. The lowest BCUT2D eigenvalue weighted by Gasteiger charge is -2.28. The monoisotopic (exact) mass is 503 g/mol. The Hall–Kier alpha value is -4.05. The number of carbonyl (C=O) groups is 4. The molecule has 1 aliphatic rings. The summed E-state index contributed by atoms with van der Waals surface area (Å²) in [5.41, 5.74) is 1.75. The van der Waals surface area contributed by atoms with Crippen molar-refractivity contribution < 1.29 is 19.2 Å². The van der Waals surface area contributed by atoms with Gasteiger partial charge in [0.1, 0.15) is 23.8 Å². The maximum atomic E-state index is 13.4. The van der Waals surface area contributed by atoms with Crippen molar-refractivity contribution in [1.82, 2.24) is 25.9 Å². The maximum absolute atomic E-state index is 13.4. The van der Waals surface area contributed by atoms with E-state index in [4.69, 9.17) is 0 Å². The molecule has 0 aliphatic carbocycles. The Balaban J connectivity index is 1.53. The first kappa shape index (κ1) is 25.1. The van der Waals surface area contributed by atoms with Gasteiger partial charge in [-0.2, -0.15) is 0 Å².